The molecule has 0 heterocycles. The van der Waals surface area contributed by atoms with Gasteiger partial charge in [-0.3, -0.25) is 14.4 Å². The average molecular weight is 317 g/mol. The number of Topliss-reactive ketones (excluding diaryl/α,β-unsaturated/α-hetero) is 2. The van der Waals surface area contributed by atoms with Crippen molar-refractivity contribution in [3.05, 3.63) is 29.3 Å². The van der Waals surface area contributed by atoms with E-state index in [1.54, 1.807) is 12.1 Å². The van der Waals surface area contributed by atoms with Crippen LogP contribution >= 0.6 is 0 Å². The smallest absolute Gasteiger partial charge is 0.306 e. The highest BCUT2D eigenvalue weighted by Gasteiger charge is 2.29. The third kappa shape index (κ3) is 4.65. The van der Waals surface area contributed by atoms with Gasteiger partial charge < -0.3 is 10.1 Å². The summed E-state index contributed by atoms with van der Waals surface area (Å²) in [4.78, 5) is 35.2. The van der Waals surface area contributed by atoms with E-state index >= 15 is 0 Å². The maximum Gasteiger partial charge on any atom is 0.306 e. The molecule has 0 atom stereocenters. The number of hydrogen-bond donors (Lipinski definition) is 1. The van der Waals surface area contributed by atoms with Crippen LogP contribution in [0, 0.1) is 0 Å². The van der Waals surface area contributed by atoms with Gasteiger partial charge in [-0.05, 0) is 39.7 Å². The molecule has 0 amide bonds. The van der Waals surface area contributed by atoms with Crippen molar-refractivity contribution in [3.8, 4) is 0 Å². The zero-order valence-electron chi connectivity index (χ0n) is 13.9. The van der Waals surface area contributed by atoms with Crippen molar-refractivity contribution in [2.75, 3.05) is 11.9 Å². The van der Waals surface area contributed by atoms with Crippen LogP contribution in [0.1, 0.15) is 67.2 Å². The van der Waals surface area contributed by atoms with Crippen LogP contribution in [0.15, 0.2) is 18.2 Å². The van der Waals surface area contributed by atoms with E-state index in [1.165, 1.54) is 0 Å². The van der Waals surface area contributed by atoms with Crippen molar-refractivity contribution in [2.45, 2.75) is 52.1 Å². The minimum Gasteiger partial charge on any atom is -0.460 e. The molecular weight excluding hydrogens is 294 g/mol. The number of fused-ring (bicyclic) bond motifs is 1. The SMILES string of the molecule is CC(C)(C)OC(=O)CCCCNc1cccc2c1C(=O)CC2=O. The molecule has 1 aromatic carbocycles. The van der Waals surface area contributed by atoms with E-state index in [-0.39, 0.29) is 24.0 Å². The first kappa shape index (κ1) is 17.2. The Balaban J connectivity index is 1.79. The van der Waals surface area contributed by atoms with Crippen molar-refractivity contribution < 1.29 is 19.1 Å². The van der Waals surface area contributed by atoms with E-state index in [0.29, 0.717) is 36.2 Å². The van der Waals surface area contributed by atoms with Crippen LogP contribution in [-0.2, 0) is 9.53 Å². The molecule has 0 spiro atoms. The van der Waals surface area contributed by atoms with Gasteiger partial charge in [0.05, 0.1) is 12.0 Å². The lowest BCUT2D eigenvalue weighted by Gasteiger charge is -2.19. The summed E-state index contributed by atoms with van der Waals surface area (Å²) in [7, 11) is 0. The van der Waals surface area contributed by atoms with Gasteiger partial charge in [0.1, 0.15) is 5.60 Å². The number of carbonyl (C=O) groups excluding carboxylic acids is 3. The summed E-state index contributed by atoms with van der Waals surface area (Å²) in [6, 6.07) is 5.28. The van der Waals surface area contributed by atoms with E-state index < -0.39 is 5.60 Å². The molecule has 5 heteroatoms. The minimum absolute atomic E-state index is 0.0350. The summed E-state index contributed by atoms with van der Waals surface area (Å²) < 4.78 is 5.25. The first-order valence-electron chi connectivity index (χ1n) is 7.93. The highest BCUT2D eigenvalue weighted by atomic mass is 16.6. The fraction of sp³-hybridized carbons (Fsp3) is 0.500. The van der Waals surface area contributed by atoms with Gasteiger partial charge in [-0.25, -0.2) is 0 Å². The molecule has 0 bridgehead atoms. The van der Waals surface area contributed by atoms with Gasteiger partial charge >= 0.3 is 5.97 Å². The Morgan fingerprint density at radius 3 is 2.61 bits per heavy atom. The second kappa shape index (κ2) is 6.94. The Bertz CT molecular complexity index is 628. The van der Waals surface area contributed by atoms with Crippen LogP contribution in [0.3, 0.4) is 0 Å². The minimum atomic E-state index is -0.452. The largest absolute Gasteiger partial charge is 0.460 e. The van der Waals surface area contributed by atoms with E-state index in [9.17, 15) is 14.4 Å². The summed E-state index contributed by atoms with van der Waals surface area (Å²) in [5.41, 5.74) is 1.27. The third-order valence-electron chi connectivity index (χ3n) is 3.51. The molecule has 23 heavy (non-hydrogen) atoms. The second-order valence-corrected chi connectivity index (χ2v) is 6.72. The molecule has 1 aliphatic rings. The highest BCUT2D eigenvalue weighted by Crippen LogP contribution is 2.28. The monoisotopic (exact) mass is 317 g/mol. The Hall–Kier alpha value is -2.17. The zero-order valence-corrected chi connectivity index (χ0v) is 13.9. The predicted octanol–water partition coefficient (Wildman–Crippen LogP) is 3.38. The van der Waals surface area contributed by atoms with Crippen LogP contribution < -0.4 is 5.32 Å². The standard InChI is InChI=1S/C18H23NO4/c1-18(2,3)23-16(22)9-4-5-10-19-13-8-6-7-12-14(20)11-15(21)17(12)13/h6-8,19H,4-5,9-11H2,1-3H3. The van der Waals surface area contributed by atoms with Crippen LogP contribution in [0.4, 0.5) is 5.69 Å². The van der Waals surface area contributed by atoms with E-state index in [1.807, 2.05) is 26.8 Å². The van der Waals surface area contributed by atoms with Gasteiger partial charge in [0.25, 0.3) is 0 Å². The maximum atomic E-state index is 11.9. The number of anilines is 1. The Kier molecular flexibility index (Phi) is 5.19. The van der Waals surface area contributed by atoms with Crippen LogP contribution in [-0.4, -0.2) is 29.7 Å². The molecule has 0 aromatic heterocycles. The van der Waals surface area contributed by atoms with Crippen molar-refractivity contribution in [2.24, 2.45) is 0 Å². The summed E-state index contributed by atoms with van der Waals surface area (Å²) in [6.45, 7) is 6.18. The second-order valence-electron chi connectivity index (χ2n) is 6.72. The van der Waals surface area contributed by atoms with Gasteiger partial charge in [0.2, 0.25) is 0 Å². The number of carbonyl (C=O) groups is 3. The summed E-state index contributed by atoms with van der Waals surface area (Å²) in [5, 5.41) is 3.19. The number of rotatable bonds is 6. The molecule has 0 saturated carbocycles. The maximum absolute atomic E-state index is 11.9. The first-order valence-corrected chi connectivity index (χ1v) is 7.93. The number of ether oxygens (including phenoxy) is 1. The van der Waals surface area contributed by atoms with Gasteiger partial charge in [-0.1, -0.05) is 12.1 Å². The fourth-order valence-corrected chi connectivity index (χ4v) is 2.57. The number of benzene rings is 1. The zero-order chi connectivity index (χ0) is 17.0. The number of hydrogen-bond acceptors (Lipinski definition) is 5. The predicted molar refractivity (Wildman–Crippen MR) is 87.9 cm³/mol. The number of nitrogens with one attached hydrogen (secondary N) is 1. The Morgan fingerprint density at radius 1 is 1.17 bits per heavy atom. The van der Waals surface area contributed by atoms with Gasteiger partial charge in [-0.15, -0.1) is 0 Å². The molecule has 5 nitrogen and oxygen atoms in total. The first-order chi connectivity index (χ1) is 10.8. The molecule has 0 saturated heterocycles. The molecule has 124 valence electrons. The summed E-state index contributed by atoms with van der Waals surface area (Å²) in [6.07, 6.45) is 1.84. The molecule has 0 fully saturated rings. The number of esters is 1. The Morgan fingerprint density at radius 2 is 1.91 bits per heavy atom. The van der Waals surface area contributed by atoms with E-state index in [0.717, 1.165) is 6.42 Å². The molecule has 0 aliphatic heterocycles. The van der Waals surface area contributed by atoms with Crippen molar-refractivity contribution in [1.29, 1.82) is 0 Å². The highest BCUT2D eigenvalue weighted by molar-refractivity contribution is 6.26. The summed E-state index contributed by atoms with van der Waals surface area (Å²) >= 11 is 0. The molecule has 1 aliphatic carbocycles. The third-order valence-corrected chi connectivity index (χ3v) is 3.51. The van der Waals surface area contributed by atoms with Crippen molar-refractivity contribution >= 4 is 23.2 Å². The van der Waals surface area contributed by atoms with Crippen LogP contribution in [0.25, 0.3) is 0 Å². The van der Waals surface area contributed by atoms with Gasteiger partial charge in [-0.2, -0.15) is 0 Å². The molecular formula is C18H23NO4. The van der Waals surface area contributed by atoms with Crippen LogP contribution in [0.5, 0.6) is 0 Å². The summed E-state index contributed by atoms with van der Waals surface area (Å²) in [5.74, 6) is -0.431. The Labute approximate surface area is 136 Å². The van der Waals surface area contributed by atoms with E-state index in [4.69, 9.17) is 4.74 Å². The molecule has 1 aromatic rings. The van der Waals surface area contributed by atoms with Gasteiger partial charge in [0, 0.05) is 24.2 Å². The van der Waals surface area contributed by atoms with Gasteiger partial charge in [0.15, 0.2) is 11.6 Å². The molecule has 0 radical (unpaired) electrons. The number of unbranched alkanes of at least 4 members (excludes halogenated alkanes) is 1. The molecule has 2 rings (SSSR count). The average Bonchev–Trinajstić information content (AvgIpc) is 2.72. The lowest BCUT2D eigenvalue weighted by Crippen LogP contribution is -2.23. The van der Waals surface area contributed by atoms with Crippen molar-refractivity contribution in [1.82, 2.24) is 0 Å². The molecule has 0 unspecified atom stereocenters. The van der Waals surface area contributed by atoms with E-state index in [2.05, 4.69) is 5.32 Å². The number of ketones is 2. The molecule has 1 N–H and O–H groups in total. The van der Waals surface area contributed by atoms with Crippen LogP contribution in [0.2, 0.25) is 0 Å². The topological polar surface area (TPSA) is 72.5 Å². The lowest BCUT2D eigenvalue weighted by atomic mass is 10.1. The normalized spacial score (nSPS) is 13.9. The lowest BCUT2D eigenvalue weighted by molar-refractivity contribution is -0.154. The quantitative estimate of drug-likeness (QED) is 0.495. The fourth-order valence-electron chi connectivity index (χ4n) is 2.57. The van der Waals surface area contributed by atoms with Crippen molar-refractivity contribution in [3.63, 3.8) is 0 Å².